The van der Waals surface area contributed by atoms with E-state index in [1.807, 2.05) is 7.05 Å². The lowest BCUT2D eigenvalue weighted by molar-refractivity contribution is 0.204. The van der Waals surface area contributed by atoms with E-state index < -0.39 is 0 Å². The van der Waals surface area contributed by atoms with E-state index in [1.54, 1.807) is 0 Å². The van der Waals surface area contributed by atoms with Gasteiger partial charge in [-0.3, -0.25) is 4.90 Å². The summed E-state index contributed by atoms with van der Waals surface area (Å²) in [5.74, 6) is 0. The Morgan fingerprint density at radius 1 is 0.950 bits per heavy atom. The summed E-state index contributed by atoms with van der Waals surface area (Å²) >= 11 is 0. The summed E-state index contributed by atoms with van der Waals surface area (Å²) in [4.78, 5) is 2.39. The fraction of sp³-hybridized carbons (Fsp3) is 0.333. The van der Waals surface area contributed by atoms with Crippen LogP contribution in [0.4, 0.5) is 0 Å². The van der Waals surface area contributed by atoms with Gasteiger partial charge < -0.3 is 5.32 Å². The van der Waals surface area contributed by atoms with Gasteiger partial charge in [0, 0.05) is 18.6 Å². The zero-order valence-corrected chi connectivity index (χ0v) is 12.6. The fourth-order valence-electron chi connectivity index (χ4n) is 2.62. The Kier molecular flexibility index (Phi) is 5.33. The van der Waals surface area contributed by atoms with Crippen LogP contribution in [-0.4, -0.2) is 25.0 Å². The minimum absolute atomic E-state index is 0.338. The molecule has 0 aliphatic heterocycles. The molecule has 0 saturated carbocycles. The number of likely N-dealkylation sites (N-methyl/N-ethyl adjacent to an activating group) is 2. The van der Waals surface area contributed by atoms with Crippen LogP contribution in [0.25, 0.3) is 0 Å². The van der Waals surface area contributed by atoms with E-state index in [2.05, 4.69) is 84.9 Å². The van der Waals surface area contributed by atoms with Crippen molar-refractivity contribution >= 4 is 0 Å². The summed E-state index contributed by atoms with van der Waals surface area (Å²) in [6.45, 7) is 3.24. The van der Waals surface area contributed by atoms with Crippen LogP contribution in [-0.2, 0) is 6.54 Å². The first-order chi connectivity index (χ1) is 9.72. The molecule has 2 nitrogen and oxygen atoms in total. The highest BCUT2D eigenvalue weighted by Gasteiger charge is 2.21. The second-order valence-electron chi connectivity index (χ2n) is 5.32. The van der Waals surface area contributed by atoms with E-state index in [0.717, 1.165) is 6.54 Å². The maximum Gasteiger partial charge on any atom is 0.0473 e. The molecule has 0 aliphatic rings. The van der Waals surface area contributed by atoms with E-state index in [0.29, 0.717) is 12.1 Å². The molecule has 0 amide bonds. The van der Waals surface area contributed by atoms with Gasteiger partial charge >= 0.3 is 0 Å². The summed E-state index contributed by atoms with van der Waals surface area (Å²) in [6.07, 6.45) is 0. The molecule has 2 heteroatoms. The first-order valence-corrected chi connectivity index (χ1v) is 7.18. The van der Waals surface area contributed by atoms with Crippen LogP contribution in [0.2, 0.25) is 0 Å². The molecular formula is C18H24N2. The molecule has 0 fully saturated rings. The Hall–Kier alpha value is -1.64. The quantitative estimate of drug-likeness (QED) is 0.863. The Balaban J connectivity index is 2.06. The van der Waals surface area contributed by atoms with Crippen molar-refractivity contribution in [2.75, 3.05) is 14.1 Å². The molecule has 0 aromatic heterocycles. The monoisotopic (exact) mass is 268 g/mol. The molecule has 2 unspecified atom stereocenters. The van der Waals surface area contributed by atoms with Gasteiger partial charge in [0.2, 0.25) is 0 Å². The van der Waals surface area contributed by atoms with Crippen molar-refractivity contribution in [3.05, 3.63) is 71.8 Å². The smallest absolute Gasteiger partial charge is 0.0473 e. The van der Waals surface area contributed by atoms with Crippen LogP contribution in [0, 0.1) is 0 Å². The van der Waals surface area contributed by atoms with Crippen molar-refractivity contribution in [2.24, 2.45) is 0 Å². The summed E-state index contributed by atoms with van der Waals surface area (Å²) in [6, 6.07) is 22.0. The molecule has 2 aromatic carbocycles. The van der Waals surface area contributed by atoms with Crippen LogP contribution < -0.4 is 5.32 Å². The largest absolute Gasteiger partial charge is 0.312 e. The molecule has 20 heavy (non-hydrogen) atoms. The van der Waals surface area contributed by atoms with Crippen LogP contribution in [0.3, 0.4) is 0 Å². The van der Waals surface area contributed by atoms with Gasteiger partial charge in [-0.25, -0.2) is 0 Å². The summed E-state index contributed by atoms with van der Waals surface area (Å²) < 4.78 is 0. The summed E-state index contributed by atoms with van der Waals surface area (Å²) in [7, 11) is 4.22. The third kappa shape index (κ3) is 3.69. The molecule has 1 N–H and O–H groups in total. The average molecular weight is 268 g/mol. The molecule has 0 bridgehead atoms. The van der Waals surface area contributed by atoms with Gasteiger partial charge in [0.15, 0.2) is 0 Å². The highest BCUT2D eigenvalue weighted by atomic mass is 15.2. The minimum atomic E-state index is 0.338. The maximum absolute atomic E-state index is 3.44. The average Bonchev–Trinajstić information content (AvgIpc) is 2.50. The van der Waals surface area contributed by atoms with Crippen LogP contribution >= 0.6 is 0 Å². The molecule has 2 atom stereocenters. The molecule has 0 heterocycles. The van der Waals surface area contributed by atoms with Gasteiger partial charge in [-0.2, -0.15) is 0 Å². The van der Waals surface area contributed by atoms with Crippen molar-refractivity contribution in [2.45, 2.75) is 25.6 Å². The van der Waals surface area contributed by atoms with Gasteiger partial charge in [0.1, 0.15) is 0 Å². The minimum Gasteiger partial charge on any atom is -0.312 e. The van der Waals surface area contributed by atoms with Crippen LogP contribution in [0.5, 0.6) is 0 Å². The van der Waals surface area contributed by atoms with E-state index in [9.17, 15) is 0 Å². The number of benzene rings is 2. The Morgan fingerprint density at radius 2 is 1.50 bits per heavy atom. The van der Waals surface area contributed by atoms with Crippen molar-refractivity contribution in [3.63, 3.8) is 0 Å². The van der Waals surface area contributed by atoms with Gasteiger partial charge in [-0.1, -0.05) is 60.7 Å². The van der Waals surface area contributed by atoms with Crippen molar-refractivity contribution in [3.8, 4) is 0 Å². The highest BCUT2D eigenvalue weighted by molar-refractivity contribution is 5.21. The Morgan fingerprint density at radius 3 is 2.05 bits per heavy atom. The number of hydrogen-bond acceptors (Lipinski definition) is 2. The van der Waals surface area contributed by atoms with Crippen molar-refractivity contribution < 1.29 is 0 Å². The fourth-order valence-corrected chi connectivity index (χ4v) is 2.62. The molecular weight excluding hydrogens is 244 g/mol. The molecule has 0 aliphatic carbocycles. The lowest BCUT2D eigenvalue weighted by Gasteiger charge is -2.32. The maximum atomic E-state index is 3.44. The lowest BCUT2D eigenvalue weighted by atomic mass is 9.99. The predicted molar refractivity (Wildman–Crippen MR) is 85.6 cm³/mol. The SMILES string of the molecule is CNC(c1ccccc1)C(C)N(C)Cc1ccccc1. The third-order valence-electron chi connectivity index (χ3n) is 3.92. The van der Waals surface area contributed by atoms with Crippen molar-refractivity contribution in [1.29, 1.82) is 0 Å². The Bertz CT molecular complexity index is 495. The first kappa shape index (κ1) is 14.8. The molecule has 2 aromatic rings. The summed E-state index contributed by atoms with van der Waals surface area (Å²) in [5, 5.41) is 3.44. The van der Waals surface area contributed by atoms with E-state index in [-0.39, 0.29) is 0 Å². The van der Waals surface area contributed by atoms with E-state index in [1.165, 1.54) is 11.1 Å². The zero-order valence-electron chi connectivity index (χ0n) is 12.6. The molecule has 0 saturated heterocycles. The van der Waals surface area contributed by atoms with Crippen molar-refractivity contribution in [1.82, 2.24) is 10.2 Å². The summed E-state index contributed by atoms with van der Waals surface area (Å²) in [5.41, 5.74) is 2.69. The third-order valence-corrected chi connectivity index (χ3v) is 3.92. The number of nitrogens with zero attached hydrogens (tertiary/aromatic N) is 1. The molecule has 0 spiro atoms. The molecule has 0 radical (unpaired) electrons. The van der Waals surface area contributed by atoms with Gasteiger partial charge in [0.25, 0.3) is 0 Å². The normalized spacial score (nSPS) is 14.2. The lowest BCUT2D eigenvalue weighted by Crippen LogP contribution is -2.39. The van der Waals surface area contributed by atoms with E-state index in [4.69, 9.17) is 0 Å². The number of rotatable bonds is 6. The highest BCUT2D eigenvalue weighted by Crippen LogP contribution is 2.20. The van der Waals surface area contributed by atoms with Gasteiger partial charge in [-0.05, 0) is 32.1 Å². The Labute approximate surface area is 122 Å². The number of nitrogens with one attached hydrogen (secondary N) is 1. The number of hydrogen-bond donors (Lipinski definition) is 1. The topological polar surface area (TPSA) is 15.3 Å². The van der Waals surface area contributed by atoms with Crippen LogP contribution in [0.1, 0.15) is 24.1 Å². The molecule has 106 valence electrons. The van der Waals surface area contributed by atoms with Gasteiger partial charge in [-0.15, -0.1) is 0 Å². The standard InChI is InChI=1S/C18H24N2/c1-15(18(19-2)17-12-8-5-9-13-17)20(3)14-16-10-6-4-7-11-16/h4-13,15,18-19H,14H2,1-3H3. The van der Waals surface area contributed by atoms with Crippen LogP contribution in [0.15, 0.2) is 60.7 Å². The zero-order chi connectivity index (χ0) is 14.4. The van der Waals surface area contributed by atoms with E-state index >= 15 is 0 Å². The molecule has 2 rings (SSSR count). The first-order valence-electron chi connectivity index (χ1n) is 7.18. The predicted octanol–water partition coefficient (Wildman–Crippen LogP) is 3.47. The second-order valence-corrected chi connectivity index (χ2v) is 5.32. The second kappa shape index (κ2) is 7.22. The van der Waals surface area contributed by atoms with Gasteiger partial charge in [0.05, 0.1) is 0 Å².